The molecule has 0 fully saturated rings. The van der Waals surface area contributed by atoms with Crippen LogP contribution in [-0.4, -0.2) is 31.3 Å². The SMILES string of the molecule is Cc1c(CNc2cnn(CCO)c2)cnn1C(C)C.Cl. The first-order valence-electron chi connectivity index (χ1n) is 6.52. The zero-order valence-electron chi connectivity index (χ0n) is 12.1. The molecule has 0 saturated carbocycles. The molecule has 2 aromatic heterocycles. The molecular formula is C13H22ClN5O. The predicted octanol–water partition coefficient (Wildman–Crippen LogP) is 2.00. The number of hydrogen-bond donors (Lipinski definition) is 2. The van der Waals surface area contributed by atoms with Gasteiger partial charge in [-0.3, -0.25) is 9.36 Å². The molecule has 112 valence electrons. The molecule has 0 amide bonds. The van der Waals surface area contributed by atoms with Gasteiger partial charge in [0.2, 0.25) is 0 Å². The summed E-state index contributed by atoms with van der Waals surface area (Å²) in [6.07, 6.45) is 5.55. The van der Waals surface area contributed by atoms with Crippen molar-refractivity contribution in [2.75, 3.05) is 11.9 Å². The van der Waals surface area contributed by atoms with Gasteiger partial charge in [0.1, 0.15) is 0 Å². The summed E-state index contributed by atoms with van der Waals surface area (Å²) in [6.45, 7) is 7.67. The van der Waals surface area contributed by atoms with Crippen molar-refractivity contribution >= 4 is 18.1 Å². The molecule has 0 atom stereocenters. The molecule has 0 aliphatic heterocycles. The van der Waals surface area contributed by atoms with E-state index in [1.165, 1.54) is 11.3 Å². The van der Waals surface area contributed by atoms with Crippen LogP contribution in [0, 0.1) is 6.92 Å². The highest BCUT2D eigenvalue weighted by Crippen LogP contribution is 2.14. The molecule has 2 heterocycles. The van der Waals surface area contributed by atoms with Crippen LogP contribution in [0.25, 0.3) is 0 Å². The summed E-state index contributed by atoms with van der Waals surface area (Å²) >= 11 is 0. The first kappa shape index (κ1) is 16.5. The van der Waals surface area contributed by atoms with E-state index >= 15 is 0 Å². The summed E-state index contributed by atoms with van der Waals surface area (Å²) in [4.78, 5) is 0. The van der Waals surface area contributed by atoms with Crippen LogP contribution in [0.5, 0.6) is 0 Å². The molecule has 0 spiro atoms. The highest BCUT2D eigenvalue weighted by atomic mass is 35.5. The minimum atomic E-state index is 0. The van der Waals surface area contributed by atoms with Gasteiger partial charge in [-0.2, -0.15) is 10.2 Å². The smallest absolute Gasteiger partial charge is 0.0729 e. The van der Waals surface area contributed by atoms with Crippen LogP contribution in [0.15, 0.2) is 18.6 Å². The van der Waals surface area contributed by atoms with E-state index in [4.69, 9.17) is 5.11 Å². The van der Waals surface area contributed by atoms with Crippen molar-refractivity contribution < 1.29 is 5.11 Å². The van der Waals surface area contributed by atoms with Crippen molar-refractivity contribution in [2.45, 2.75) is 39.9 Å². The van der Waals surface area contributed by atoms with Crippen LogP contribution in [-0.2, 0) is 13.1 Å². The topological polar surface area (TPSA) is 67.9 Å². The average Bonchev–Trinajstić information content (AvgIpc) is 2.94. The molecule has 0 aliphatic carbocycles. The lowest BCUT2D eigenvalue weighted by Gasteiger charge is -2.09. The third-order valence-electron chi connectivity index (χ3n) is 3.08. The van der Waals surface area contributed by atoms with E-state index in [-0.39, 0.29) is 19.0 Å². The molecule has 0 aromatic carbocycles. The van der Waals surface area contributed by atoms with E-state index in [0.717, 1.165) is 12.2 Å². The Morgan fingerprint density at radius 3 is 2.65 bits per heavy atom. The van der Waals surface area contributed by atoms with E-state index in [9.17, 15) is 0 Å². The van der Waals surface area contributed by atoms with Crippen LogP contribution in [0.3, 0.4) is 0 Å². The maximum atomic E-state index is 8.84. The van der Waals surface area contributed by atoms with E-state index < -0.39 is 0 Å². The molecule has 0 unspecified atom stereocenters. The van der Waals surface area contributed by atoms with Gasteiger partial charge in [0.25, 0.3) is 0 Å². The molecule has 2 N–H and O–H groups in total. The zero-order chi connectivity index (χ0) is 13.8. The lowest BCUT2D eigenvalue weighted by Crippen LogP contribution is -2.06. The number of nitrogens with zero attached hydrogens (tertiary/aromatic N) is 4. The fourth-order valence-corrected chi connectivity index (χ4v) is 2.03. The summed E-state index contributed by atoms with van der Waals surface area (Å²) in [7, 11) is 0. The summed E-state index contributed by atoms with van der Waals surface area (Å²) in [6, 6.07) is 0.376. The van der Waals surface area contributed by atoms with E-state index in [1.807, 2.05) is 17.1 Å². The minimum absolute atomic E-state index is 0. The largest absolute Gasteiger partial charge is 0.394 e. The lowest BCUT2D eigenvalue weighted by molar-refractivity contribution is 0.269. The van der Waals surface area contributed by atoms with Crippen LogP contribution in [0.1, 0.15) is 31.1 Å². The number of aliphatic hydroxyl groups is 1. The Kier molecular flexibility index (Phi) is 6.04. The Labute approximate surface area is 125 Å². The van der Waals surface area contributed by atoms with Crippen LogP contribution in [0.2, 0.25) is 0 Å². The lowest BCUT2D eigenvalue weighted by atomic mass is 10.2. The molecule has 0 saturated heterocycles. The molecule has 6 nitrogen and oxygen atoms in total. The van der Waals surface area contributed by atoms with Crippen molar-refractivity contribution in [1.29, 1.82) is 0 Å². The van der Waals surface area contributed by atoms with Crippen LogP contribution in [0.4, 0.5) is 5.69 Å². The van der Waals surface area contributed by atoms with E-state index in [1.54, 1.807) is 10.9 Å². The standard InChI is InChI=1S/C13H21N5O.ClH/c1-10(2)18-11(3)12(7-16-18)6-14-13-8-15-17(9-13)4-5-19;/h7-10,14,19H,4-6H2,1-3H3;1H. The second kappa shape index (κ2) is 7.31. The van der Waals surface area contributed by atoms with Gasteiger partial charge >= 0.3 is 0 Å². The van der Waals surface area contributed by atoms with E-state index in [0.29, 0.717) is 12.6 Å². The van der Waals surface area contributed by atoms with Gasteiger partial charge in [-0.15, -0.1) is 12.4 Å². The van der Waals surface area contributed by atoms with Crippen molar-refractivity contribution in [3.05, 3.63) is 29.8 Å². The van der Waals surface area contributed by atoms with E-state index in [2.05, 4.69) is 36.3 Å². The Morgan fingerprint density at radius 2 is 2.05 bits per heavy atom. The Hall–Kier alpha value is -1.53. The number of hydrogen-bond acceptors (Lipinski definition) is 4. The number of nitrogens with one attached hydrogen (secondary N) is 1. The monoisotopic (exact) mass is 299 g/mol. The number of aromatic nitrogens is 4. The zero-order valence-corrected chi connectivity index (χ0v) is 12.9. The maximum absolute atomic E-state index is 8.84. The second-order valence-corrected chi connectivity index (χ2v) is 4.86. The normalized spacial score (nSPS) is 10.7. The van der Waals surface area contributed by atoms with Gasteiger partial charge in [0.05, 0.1) is 31.2 Å². The maximum Gasteiger partial charge on any atom is 0.0729 e. The molecule has 2 rings (SSSR count). The molecule has 2 aromatic rings. The Bertz CT molecular complexity index is 535. The fraction of sp³-hybridized carbons (Fsp3) is 0.538. The van der Waals surface area contributed by atoms with Gasteiger partial charge in [0, 0.05) is 30.0 Å². The number of halogens is 1. The third kappa shape index (κ3) is 3.74. The summed E-state index contributed by atoms with van der Waals surface area (Å²) < 4.78 is 3.74. The number of anilines is 1. The van der Waals surface area contributed by atoms with Crippen molar-refractivity contribution in [1.82, 2.24) is 19.6 Å². The summed E-state index contributed by atoms with van der Waals surface area (Å²) in [5, 5.41) is 20.7. The molecule has 20 heavy (non-hydrogen) atoms. The van der Waals surface area contributed by atoms with Crippen LogP contribution >= 0.6 is 12.4 Å². The quantitative estimate of drug-likeness (QED) is 0.856. The van der Waals surface area contributed by atoms with Gasteiger partial charge < -0.3 is 10.4 Å². The van der Waals surface area contributed by atoms with Crippen molar-refractivity contribution in [3.8, 4) is 0 Å². The Morgan fingerprint density at radius 1 is 1.30 bits per heavy atom. The highest BCUT2D eigenvalue weighted by Gasteiger charge is 2.08. The Balaban J connectivity index is 0.00000200. The minimum Gasteiger partial charge on any atom is -0.394 e. The molecular weight excluding hydrogens is 278 g/mol. The van der Waals surface area contributed by atoms with Gasteiger partial charge in [-0.25, -0.2) is 0 Å². The summed E-state index contributed by atoms with van der Waals surface area (Å²) in [5.74, 6) is 0. The third-order valence-corrected chi connectivity index (χ3v) is 3.08. The summed E-state index contributed by atoms with van der Waals surface area (Å²) in [5.41, 5.74) is 3.32. The average molecular weight is 300 g/mol. The molecule has 0 radical (unpaired) electrons. The highest BCUT2D eigenvalue weighted by molar-refractivity contribution is 5.85. The van der Waals surface area contributed by atoms with Gasteiger partial charge in [-0.05, 0) is 20.8 Å². The first-order valence-corrected chi connectivity index (χ1v) is 6.52. The van der Waals surface area contributed by atoms with Crippen molar-refractivity contribution in [2.24, 2.45) is 0 Å². The number of aliphatic hydroxyl groups excluding tert-OH is 1. The molecule has 0 aliphatic rings. The van der Waals surface area contributed by atoms with Crippen molar-refractivity contribution in [3.63, 3.8) is 0 Å². The van der Waals surface area contributed by atoms with Gasteiger partial charge in [0.15, 0.2) is 0 Å². The number of rotatable bonds is 6. The molecule has 7 heteroatoms. The first-order chi connectivity index (χ1) is 9.11. The second-order valence-electron chi connectivity index (χ2n) is 4.86. The van der Waals surface area contributed by atoms with Crippen LogP contribution < -0.4 is 5.32 Å². The molecule has 0 bridgehead atoms. The fourth-order valence-electron chi connectivity index (χ4n) is 2.03. The predicted molar refractivity (Wildman–Crippen MR) is 81.2 cm³/mol. The van der Waals surface area contributed by atoms with Gasteiger partial charge in [-0.1, -0.05) is 0 Å².